The second-order valence-electron chi connectivity index (χ2n) is 6.12. The molecule has 2 aliphatic heterocycles. The average Bonchev–Trinajstić information content (AvgIpc) is 2.80. The minimum absolute atomic E-state index is 0.0421. The fraction of sp³-hybridized carbons (Fsp3) is 1.00. The van der Waals surface area contributed by atoms with Crippen LogP contribution in [0.1, 0.15) is 59.3 Å². The van der Waals surface area contributed by atoms with E-state index in [9.17, 15) is 5.11 Å². The van der Waals surface area contributed by atoms with E-state index in [0.29, 0.717) is 18.6 Å². The Bertz CT molecular complexity index is 287. The summed E-state index contributed by atoms with van der Waals surface area (Å²) in [5.74, 6) is 0.292. The Balaban J connectivity index is 2.11. The number of ether oxygens (including phenoxy) is 1. The summed E-state index contributed by atoms with van der Waals surface area (Å²) >= 11 is 0. The van der Waals surface area contributed by atoms with Crippen molar-refractivity contribution < 1.29 is 14.7 Å². The van der Waals surface area contributed by atoms with Crippen molar-refractivity contribution in [3.63, 3.8) is 0 Å². The Morgan fingerprint density at radius 2 is 2.26 bits per heavy atom. The van der Waals surface area contributed by atoms with Gasteiger partial charge < -0.3 is 9.84 Å². The monoisotopic (exact) mass is 271 g/mol. The minimum atomic E-state index is -0.0894. The highest BCUT2D eigenvalue weighted by molar-refractivity contribution is 4.97. The SMILES string of the molecule is CCCC(CO)[C@]1(C)CCC[C@H]2CC(OCC)ON21. The Hall–Kier alpha value is -0.160. The van der Waals surface area contributed by atoms with Crippen LogP contribution >= 0.6 is 0 Å². The van der Waals surface area contributed by atoms with Gasteiger partial charge >= 0.3 is 0 Å². The lowest BCUT2D eigenvalue weighted by Gasteiger charge is -2.48. The van der Waals surface area contributed by atoms with Crippen molar-refractivity contribution in [1.82, 2.24) is 5.06 Å². The number of piperidine rings is 1. The molecular formula is C15H29NO3. The molecule has 0 aliphatic carbocycles. The van der Waals surface area contributed by atoms with Gasteiger partial charge in [-0.2, -0.15) is 5.06 Å². The van der Waals surface area contributed by atoms with E-state index in [1.54, 1.807) is 0 Å². The topological polar surface area (TPSA) is 41.9 Å². The Morgan fingerprint density at radius 1 is 1.47 bits per heavy atom. The first-order valence-corrected chi connectivity index (χ1v) is 7.84. The highest BCUT2D eigenvalue weighted by Gasteiger charge is 2.50. The molecule has 2 saturated heterocycles. The van der Waals surface area contributed by atoms with Crippen molar-refractivity contribution in [2.45, 2.75) is 77.2 Å². The molecule has 4 heteroatoms. The highest BCUT2D eigenvalue weighted by Crippen LogP contribution is 2.44. The van der Waals surface area contributed by atoms with E-state index in [1.807, 2.05) is 6.92 Å². The molecule has 0 saturated carbocycles. The summed E-state index contributed by atoms with van der Waals surface area (Å²) < 4.78 is 5.64. The molecule has 4 atom stereocenters. The number of hydroxylamine groups is 2. The lowest BCUT2D eigenvalue weighted by atomic mass is 9.75. The lowest BCUT2D eigenvalue weighted by Crippen LogP contribution is -2.56. The van der Waals surface area contributed by atoms with Crippen LogP contribution in [0.3, 0.4) is 0 Å². The van der Waals surface area contributed by atoms with Gasteiger partial charge in [0.15, 0.2) is 6.29 Å². The molecule has 2 aliphatic rings. The molecular weight excluding hydrogens is 242 g/mol. The van der Waals surface area contributed by atoms with Crippen molar-refractivity contribution in [3.8, 4) is 0 Å². The van der Waals surface area contributed by atoms with Gasteiger partial charge in [0.05, 0.1) is 0 Å². The Kier molecular flexibility index (Phi) is 5.23. The van der Waals surface area contributed by atoms with Crippen molar-refractivity contribution >= 4 is 0 Å². The summed E-state index contributed by atoms with van der Waals surface area (Å²) in [5.41, 5.74) is -0.0421. The smallest absolute Gasteiger partial charge is 0.179 e. The van der Waals surface area contributed by atoms with Crippen LogP contribution in [0.25, 0.3) is 0 Å². The van der Waals surface area contributed by atoms with E-state index >= 15 is 0 Å². The van der Waals surface area contributed by atoms with Gasteiger partial charge in [-0.3, -0.25) is 4.84 Å². The molecule has 112 valence electrons. The number of rotatable bonds is 6. The van der Waals surface area contributed by atoms with Crippen LogP contribution < -0.4 is 0 Å². The van der Waals surface area contributed by atoms with E-state index < -0.39 is 0 Å². The summed E-state index contributed by atoms with van der Waals surface area (Å²) in [6, 6.07) is 0.459. The van der Waals surface area contributed by atoms with Gasteiger partial charge in [0.25, 0.3) is 0 Å². The molecule has 0 bridgehead atoms. The van der Waals surface area contributed by atoms with E-state index in [4.69, 9.17) is 9.57 Å². The second-order valence-corrected chi connectivity index (χ2v) is 6.12. The molecule has 0 spiro atoms. The van der Waals surface area contributed by atoms with E-state index in [-0.39, 0.29) is 18.4 Å². The summed E-state index contributed by atoms with van der Waals surface area (Å²) in [5, 5.41) is 11.9. The first-order chi connectivity index (χ1) is 9.15. The van der Waals surface area contributed by atoms with Gasteiger partial charge in [0.1, 0.15) is 0 Å². The maximum Gasteiger partial charge on any atom is 0.179 e. The number of fused-ring (bicyclic) bond motifs is 1. The molecule has 0 aromatic carbocycles. The van der Waals surface area contributed by atoms with Crippen LogP contribution in [0.15, 0.2) is 0 Å². The third kappa shape index (κ3) is 2.97. The summed E-state index contributed by atoms with van der Waals surface area (Å²) in [4.78, 5) is 6.05. The fourth-order valence-electron chi connectivity index (χ4n) is 3.77. The van der Waals surface area contributed by atoms with Crippen molar-refractivity contribution in [2.24, 2.45) is 5.92 Å². The standard InChI is InChI=1S/C15H29NO3/c1-4-7-12(11-17)15(3)9-6-8-13-10-14(18-5-2)19-16(13)15/h12-14,17H,4-11H2,1-3H3/t12?,13-,14?,15-/m0/s1. The number of hydrogen-bond acceptors (Lipinski definition) is 4. The van der Waals surface area contributed by atoms with Crippen LogP contribution in [0.2, 0.25) is 0 Å². The molecule has 19 heavy (non-hydrogen) atoms. The quantitative estimate of drug-likeness (QED) is 0.806. The third-order valence-electron chi connectivity index (χ3n) is 4.84. The molecule has 0 radical (unpaired) electrons. The first kappa shape index (κ1) is 15.2. The number of aliphatic hydroxyl groups is 1. The van der Waals surface area contributed by atoms with E-state index in [2.05, 4.69) is 18.9 Å². The summed E-state index contributed by atoms with van der Waals surface area (Å²) in [7, 11) is 0. The van der Waals surface area contributed by atoms with E-state index in [1.165, 1.54) is 12.8 Å². The Morgan fingerprint density at radius 3 is 2.89 bits per heavy atom. The van der Waals surface area contributed by atoms with Crippen molar-refractivity contribution in [2.75, 3.05) is 13.2 Å². The minimum Gasteiger partial charge on any atom is -0.396 e. The lowest BCUT2D eigenvalue weighted by molar-refractivity contribution is -0.295. The van der Waals surface area contributed by atoms with Crippen LogP contribution in [-0.2, 0) is 9.57 Å². The largest absolute Gasteiger partial charge is 0.396 e. The first-order valence-electron chi connectivity index (χ1n) is 7.84. The van der Waals surface area contributed by atoms with Gasteiger partial charge in [-0.05, 0) is 39.5 Å². The molecule has 0 aromatic heterocycles. The van der Waals surface area contributed by atoms with Gasteiger partial charge in [-0.1, -0.05) is 13.3 Å². The summed E-state index contributed by atoms with van der Waals surface area (Å²) in [6.45, 7) is 7.38. The molecule has 0 aromatic rings. The van der Waals surface area contributed by atoms with Crippen LogP contribution in [-0.4, -0.2) is 41.3 Å². The molecule has 1 N–H and O–H groups in total. The zero-order valence-electron chi connectivity index (χ0n) is 12.6. The van der Waals surface area contributed by atoms with Crippen molar-refractivity contribution in [3.05, 3.63) is 0 Å². The van der Waals surface area contributed by atoms with Gasteiger partial charge in [0, 0.05) is 37.1 Å². The molecule has 2 fully saturated rings. The van der Waals surface area contributed by atoms with Gasteiger partial charge in [-0.15, -0.1) is 0 Å². The average molecular weight is 271 g/mol. The third-order valence-corrected chi connectivity index (χ3v) is 4.84. The van der Waals surface area contributed by atoms with Crippen LogP contribution in [0.5, 0.6) is 0 Å². The van der Waals surface area contributed by atoms with Crippen LogP contribution in [0, 0.1) is 5.92 Å². The van der Waals surface area contributed by atoms with E-state index in [0.717, 1.165) is 25.7 Å². The molecule has 0 amide bonds. The molecule has 2 rings (SSSR count). The molecule has 2 unspecified atom stereocenters. The number of nitrogens with zero attached hydrogens (tertiary/aromatic N) is 1. The maximum atomic E-state index is 9.75. The maximum absolute atomic E-state index is 9.75. The zero-order valence-corrected chi connectivity index (χ0v) is 12.6. The van der Waals surface area contributed by atoms with Crippen molar-refractivity contribution in [1.29, 1.82) is 0 Å². The number of hydrogen-bond donors (Lipinski definition) is 1. The predicted molar refractivity (Wildman–Crippen MR) is 74.5 cm³/mol. The second kappa shape index (κ2) is 6.53. The number of aliphatic hydroxyl groups excluding tert-OH is 1. The predicted octanol–water partition coefficient (Wildman–Crippen LogP) is 2.71. The Labute approximate surface area is 117 Å². The van der Waals surface area contributed by atoms with Gasteiger partial charge in [0.2, 0.25) is 0 Å². The normalized spacial score (nSPS) is 37.3. The fourth-order valence-corrected chi connectivity index (χ4v) is 3.77. The summed E-state index contributed by atoms with van der Waals surface area (Å²) in [6.07, 6.45) is 6.55. The zero-order chi connectivity index (χ0) is 13.9. The molecule has 2 heterocycles. The van der Waals surface area contributed by atoms with Gasteiger partial charge in [-0.25, -0.2) is 0 Å². The highest BCUT2D eigenvalue weighted by atomic mass is 16.8. The van der Waals surface area contributed by atoms with Crippen LogP contribution in [0.4, 0.5) is 0 Å². The molecule has 4 nitrogen and oxygen atoms in total.